The molecule has 1 unspecified atom stereocenters. The smallest absolute Gasteiger partial charge is 0.327 e. The third-order valence-electron chi connectivity index (χ3n) is 9.30. The van der Waals surface area contributed by atoms with Crippen molar-refractivity contribution in [2.24, 2.45) is 0 Å². The van der Waals surface area contributed by atoms with E-state index in [1.165, 1.54) is 133 Å². The quantitative estimate of drug-likeness (QED) is 0.0326. The summed E-state index contributed by atoms with van der Waals surface area (Å²) < 4.78 is 51.3. The standard InChI is InChI=1S/C37H76NO8PS/c1-3-5-7-9-11-13-15-17-19-21-23-25-27-29-32-46-35-36(48(43,44)45)34-38(31-33-47(40,41)42)37(39)30-28-26-24-22-20-18-16-14-12-10-8-6-4-2/h36H,3-35H2,1-2H3,(H2,40,41,42)(H,43,44,45). The van der Waals surface area contributed by atoms with Crippen LogP contribution in [0.5, 0.6) is 0 Å². The van der Waals surface area contributed by atoms with Crippen molar-refractivity contribution in [2.75, 3.05) is 32.5 Å². The summed E-state index contributed by atoms with van der Waals surface area (Å²) in [5.41, 5.74) is 0. The van der Waals surface area contributed by atoms with Crippen LogP contribution in [-0.4, -0.2) is 71.3 Å². The maximum atomic E-state index is 13.0. The SMILES string of the molecule is CCCCCCCCCCCCCCCCOCC(CN(CCP(=O)(O)O)C(=O)CCCCCCCCCCCCCCC)S(=O)(=O)O. The number of nitrogens with zero attached hydrogens (tertiary/aromatic N) is 1. The monoisotopic (exact) mass is 726 g/mol. The number of carbonyl (C=O) groups excluding carboxylic acids is 1. The van der Waals surface area contributed by atoms with Crippen molar-refractivity contribution in [3.8, 4) is 0 Å². The van der Waals surface area contributed by atoms with Gasteiger partial charge in [0.05, 0.1) is 12.8 Å². The predicted molar refractivity (Wildman–Crippen MR) is 200 cm³/mol. The fourth-order valence-electron chi connectivity index (χ4n) is 6.11. The molecule has 0 heterocycles. The van der Waals surface area contributed by atoms with Gasteiger partial charge in [-0.1, -0.05) is 174 Å². The lowest BCUT2D eigenvalue weighted by Crippen LogP contribution is -2.44. The van der Waals surface area contributed by atoms with Crippen molar-refractivity contribution < 1.29 is 36.9 Å². The minimum absolute atomic E-state index is 0.178. The highest BCUT2D eigenvalue weighted by Crippen LogP contribution is 2.34. The Morgan fingerprint density at radius 2 is 0.979 bits per heavy atom. The van der Waals surface area contributed by atoms with Crippen molar-refractivity contribution in [3.63, 3.8) is 0 Å². The second-order valence-corrected chi connectivity index (χ2v) is 17.5. The van der Waals surface area contributed by atoms with Crippen LogP contribution in [0.3, 0.4) is 0 Å². The molecule has 0 aliphatic heterocycles. The minimum atomic E-state index is -4.53. The van der Waals surface area contributed by atoms with E-state index in [2.05, 4.69) is 13.8 Å². The van der Waals surface area contributed by atoms with E-state index in [1.807, 2.05) is 0 Å². The summed E-state index contributed by atoms with van der Waals surface area (Å²) in [7, 11) is -8.92. The maximum absolute atomic E-state index is 13.0. The fourth-order valence-corrected chi connectivity index (χ4v) is 7.25. The highest BCUT2D eigenvalue weighted by Gasteiger charge is 2.29. The lowest BCUT2D eigenvalue weighted by atomic mass is 10.0. The highest BCUT2D eigenvalue weighted by molar-refractivity contribution is 7.86. The van der Waals surface area contributed by atoms with Gasteiger partial charge in [-0.15, -0.1) is 0 Å². The van der Waals surface area contributed by atoms with E-state index in [0.717, 1.165) is 38.5 Å². The number of amides is 1. The Bertz CT molecular complexity index is 883. The Labute approximate surface area is 296 Å². The molecule has 0 aromatic heterocycles. The second-order valence-electron chi connectivity index (χ2n) is 14.0. The van der Waals surface area contributed by atoms with Gasteiger partial charge in [0.25, 0.3) is 10.1 Å². The first kappa shape index (κ1) is 47.5. The zero-order valence-electron chi connectivity index (χ0n) is 31.1. The zero-order valence-corrected chi connectivity index (χ0v) is 32.8. The number of ether oxygens (including phenoxy) is 1. The van der Waals surface area contributed by atoms with Crippen LogP contribution in [0, 0.1) is 0 Å². The first-order valence-corrected chi connectivity index (χ1v) is 23.2. The van der Waals surface area contributed by atoms with Gasteiger partial charge in [0, 0.05) is 26.1 Å². The third-order valence-corrected chi connectivity index (χ3v) is 11.2. The number of carbonyl (C=O) groups is 1. The molecule has 48 heavy (non-hydrogen) atoms. The van der Waals surface area contributed by atoms with Crippen LogP contribution in [0.2, 0.25) is 0 Å². The van der Waals surface area contributed by atoms with Crippen LogP contribution in [0.25, 0.3) is 0 Å². The lowest BCUT2D eigenvalue weighted by molar-refractivity contribution is -0.131. The summed E-state index contributed by atoms with van der Waals surface area (Å²) in [4.78, 5) is 32.9. The largest absolute Gasteiger partial charge is 0.380 e. The normalized spacial score (nSPS) is 12.9. The molecule has 0 saturated carbocycles. The van der Waals surface area contributed by atoms with Crippen molar-refractivity contribution in [3.05, 3.63) is 0 Å². The molecule has 0 fully saturated rings. The number of hydrogen-bond donors (Lipinski definition) is 3. The van der Waals surface area contributed by atoms with Crippen LogP contribution in [-0.2, 0) is 24.2 Å². The van der Waals surface area contributed by atoms with E-state index in [4.69, 9.17) is 4.74 Å². The van der Waals surface area contributed by atoms with Crippen LogP contribution in [0.15, 0.2) is 0 Å². The molecule has 0 bridgehead atoms. The summed E-state index contributed by atoms with van der Waals surface area (Å²) in [5, 5.41) is -1.36. The molecule has 0 aliphatic carbocycles. The molecule has 3 N–H and O–H groups in total. The van der Waals surface area contributed by atoms with Gasteiger partial charge < -0.3 is 19.4 Å². The first-order chi connectivity index (χ1) is 23.0. The average Bonchev–Trinajstić information content (AvgIpc) is 3.02. The molecule has 9 nitrogen and oxygen atoms in total. The molecule has 0 aromatic carbocycles. The molecule has 0 saturated heterocycles. The van der Waals surface area contributed by atoms with Gasteiger partial charge >= 0.3 is 7.60 Å². The van der Waals surface area contributed by atoms with E-state index < -0.39 is 29.1 Å². The van der Waals surface area contributed by atoms with Gasteiger partial charge in [-0.3, -0.25) is 13.9 Å². The number of hydrogen-bond acceptors (Lipinski definition) is 5. The van der Waals surface area contributed by atoms with Gasteiger partial charge in [0.15, 0.2) is 0 Å². The van der Waals surface area contributed by atoms with E-state index >= 15 is 0 Å². The van der Waals surface area contributed by atoms with Crippen LogP contribution in [0.1, 0.15) is 194 Å². The fraction of sp³-hybridized carbons (Fsp3) is 0.973. The number of rotatable bonds is 37. The van der Waals surface area contributed by atoms with Crippen LogP contribution < -0.4 is 0 Å². The van der Waals surface area contributed by atoms with Crippen LogP contribution >= 0.6 is 7.60 Å². The third kappa shape index (κ3) is 32.7. The summed E-state index contributed by atoms with van der Waals surface area (Å²) in [5.74, 6) is -0.354. The maximum Gasteiger partial charge on any atom is 0.327 e. The van der Waals surface area contributed by atoms with Crippen molar-refractivity contribution in [1.82, 2.24) is 4.90 Å². The van der Waals surface area contributed by atoms with Gasteiger partial charge in [0.2, 0.25) is 5.91 Å². The Hall–Kier alpha value is -0.510. The molecular weight excluding hydrogens is 649 g/mol. The van der Waals surface area contributed by atoms with Crippen molar-refractivity contribution >= 4 is 23.6 Å². The summed E-state index contributed by atoms with van der Waals surface area (Å²) in [6.45, 7) is 3.95. The molecule has 11 heteroatoms. The lowest BCUT2D eigenvalue weighted by Gasteiger charge is -2.26. The van der Waals surface area contributed by atoms with Gasteiger partial charge in [-0.2, -0.15) is 8.42 Å². The predicted octanol–water partition coefficient (Wildman–Crippen LogP) is 10.2. The molecule has 1 amide bonds. The molecule has 0 aliphatic rings. The topological polar surface area (TPSA) is 141 Å². The Morgan fingerprint density at radius 3 is 1.33 bits per heavy atom. The molecule has 0 rings (SSSR count). The Kier molecular flexibility index (Phi) is 32.1. The molecule has 0 aromatic rings. The zero-order chi connectivity index (χ0) is 35.8. The highest BCUT2D eigenvalue weighted by atomic mass is 32.2. The summed E-state index contributed by atoms with van der Waals surface area (Å²) in [6, 6.07) is 0. The number of unbranched alkanes of at least 4 members (excludes halogenated alkanes) is 25. The van der Waals surface area contributed by atoms with Crippen molar-refractivity contribution in [1.29, 1.82) is 0 Å². The molecule has 1 atom stereocenters. The van der Waals surface area contributed by atoms with E-state index in [-0.39, 0.29) is 32.0 Å². The van der Waals surface area contributed by atoms with Gasteiger partial charge in [-0.05, 0) is 12.8 Å². The summed E-state index contributed by atoms with van der Waals surface area (Å²) >= 11 is 0. The van der Waals surface area contributed by atoms with E-state index in [1.54, 1.807) is 0 Å². The molecule has 0 radical (unpaired) electrons. The molecular formula is C37H76NO8PS. The second kappa shape index (κ2) is 32.4. The van der Waals surface area contributed by atoms with Gasteiger partial charge in [0.1, 0.15) is 5.25 Å². The van der Waals surface area contributed by atoms with Gasteiger partial charge in [-0.25, -0.2) is 0 Å². The Balaban J connectivity index is 4.31. The Morgan fingerprint density at radius 1 is 0.625 bits per heavy atom. The first-order valence-electron chi connectivity index (χ1n) is 19.9. The molecule has 288 valence electrons. The molecule has 0 spiro atoms. The average molecular weight is 726 g/mol. The summed E-state index contributed by atoms with van der Waals surface area (Å²) in [6.07, 6.45) is 32.2. The van der Waals surface area contributed by atoms with Crippen LogP contribution in [0.4, 0.5) is 0 Å². The van der Waals surface area contributed by atoms with Crippen molar-refractivity contribution in [2.45, 2.75) is 199 Å². The minimum Gasteiger partial charge on any atom is -0.380 e. The van der Waals surface area contributed by atoms with E-state index in [9.17, 15) is 32.1 Å². The van der Waals surface area contributed by atoms with E-state index in [0.29, 0.717) is 13.0 Å².